The molecule has 0 aromatic heterocycles. The van der Waals surface area contributed by atoms with Gasteiger partial charge in [-0.2, -0.15) is 0 Å². The van der Waals surface area contributed by atoms with E-state index in [9.17, 15) is 19.7 Å². The molecule has 16 heavy (non-hydrogen) atoms. The van der Waals surface area contributed by atoms with Gasteiger partial charge in [0.25, 0.3) is 5.69 Å². The SMILES string of the molecule is O=CCCC(=O)O.O=[N+]([O-])c1ccccc1. The van der Waals surface area contributed by atoms with E-state index < -0.39 is 10.9 Å². The van der Waals surface area contributed by atoms with E-state index in [4.69, 9.17) is 5.11 Å². The molecule has 0 atom stereocenters. The second kappa shape index (κ2) is 8.10. The van der Waals surface area contributed by atoms with Crippen LogP contribution in [0.1, 0.15) is 12.8 Å². The Balaban J connectivity index is 0.000000293. The zero-order valence-corrected chi connectivity index (χ0v) is 8.41. The lowest BCUT2D eigenvalue weighted by Gasteiger charge is -1.85. The van der Waals surface area contributed by atoms with E-state index in [1.807, 2.05) is 0 Å². The number of non-ortho nitro benzene ring substituents is 1. The molecule has 86 valence electrons. The number of nitro groups is 1. The number of hydrogen-bond donors (Lipinski definition) is 1. The Morgan fingerprint density at radius 2 is 1.94 bits per heavy atom. The Hall–Kier alpha value is -2.24. The fourth-order valence-corrected chi connectivity index (χ4v) is 0.732. The third kappa shape index (κ3) is 7.19. The van der Waals surface area contributed by atoms with Gasteiger partial charge in [-0.3, -0.25) is 14.9 Å². The Morgan fingerprint density at radius 3 is 2.19 bits per heavy atom. The predicted octanol–water partition coefficient (Wildman–Crippen LogP) is 1.64. The number of para-hydroxylation sites is 1. The number of carboxylic acids is 1. The second-order valence-electron chi connectivity index (χ2n) is 2.69. The molecular weight excluding hydrogens is 214 g/mol. The van der Waals surface area contributed by atoms with Gasteiger partial charge in [0.15, 0.2) is 0 Å². The molecular formula is C10H11NO5. The molecule has 1 aromatic rings. The topological polar surface area (TPSA) is 97.5 Å². The minimum atomic E-state index is -0.924. The number of nitrogens with zero attached hydrogens (tertiary/aromatic N) is 1. The summed E-state index contributed by atoms with van der Waals surface area (Å²) in [5.74, 6) is -0.924. The van der Waals surface area contributed by atoms with Crippen molar-refractivity contribution in [3.8, 4) is 0 Å². The number of nitro benzene ring substituents is 1. The molecule has 0 saturated carbocycles. The van der Waals surface area contributed by atoms with Crippen molar-refractivity contribution in [2.24, 2.45) is 0 Å². The minimum absolute atomic E-state index is 0.0521. The number of carboxylic acid groups (broad SMARTS) is 1. The van der Waals surface area contributed by atoms with Crippen LogP contribution in [0.15, 0.2) is 30.3 Å². The van der Waals surface area contributed by atoms with Crippen LogP contribution in [-0.4, -0.2) is 22.3 Å². The minimum Gasteiger partial charge on any atom is -0.481 e. The summed E-state index contributed by atoms with van der Waals surface area (Å²) in [7, 11) is 0. The van der Waals surface area contributed by atoms with Crippen LogP contribution in [0.25, 0.3) is 0 Å². The lowest BCUT2D eigenvalue weighted by atomic mass is 10.3. The molecule has 6 nitrogen and oxygen atoms in total. The number of benzene rings is 1. The van der Waals surface area contributed by atoms with E-state index in [0.29, 0.717) is 6.29 Å². The maximum Gasteiger partial charge on any atom is 0.303 e. The maximum absolute atomic E-state index is 10.0. The van der Waals surface area contributed by atoms with Gasteiger partial charge >= 0.3 is 5.97 Å². The van der Waals surface area contributed by atoms with Gasteiger partial charge in [0.2, 0.25) is 0 Å². The summed E-state index contributed by atoms with van der Waals surface area (Å²) in [5, 5.41) is 17.9. The Labute approximate surface area is 91.7 Å². The summed E-state index contributed by atoms with van der Waals surface area (Å²) in [6.45, 7) is 0. The first-order valence-corrected chi connectivity index (χ1v) is 4.42. The molecule has 0 saturated heterocycles. The average molecular weight is 225 g/mol. The lowest BCUT2D eigenvalue weighted by Crippen LogP contribution is -1.93. The van der Waals surface area contributed by atoms with Gasteiger partial charge in [-0.1, -0.05) is 18.2 Å². The maximum atomic E-state index is 10.0. The molecule has 0 spiro atoms. The van der Waals surface area contributed by atoms with Crippen LogP contribution in [0.3, 0.4) is 0 Å². The van der Waals surface area contributed by atoms with E-state index in [0.717, 1.165) is 0 Å². The van der Waals surface area contributed by atoms with Crippen LogP contribution in [0.5, 0.6) is 0 Å². The van der Waals surface area contributed by atoms with Crippen molar-refractivity contribution in [3.63, 3.8) is 0 Å². The summed E-state index contributed by atoms with van der Waals surface area (Å²) >= 11 is 0. The van der Waals surface area contributed by atoms with E-state index in [2.05, 4.69) is 0 Å². The van der Waals surface area contributed by atoms with E-state index in [1.54, 1.807) is 18.2 Å². The first-order chi connectivity index (χ1) is 7.57. The third-order valence-electron chi connectivity index (χ3n) is 1.44. The van der Waals surface area contributed by atoms with E-state index >= 15 is 0 Å². The first kappa shape index (κ1) is 13.8. The van der Waals surface area contributed by atoms with Gasteiger partial charge in [-0.05, 0) is 0 Å². The fourth-order valence-electron chi connectivity index (χ4n) is 0.732. The zero-order chi connectivity index (χ0) is 12.4. The molecule has 1 aromatic carbocycles. The van der Waals surface area contributed by atoms with Crippen molar-refractivity contribution in [1.29, 1.82) is 0 Å². The number of aliphatic carboxylic acids is 1. The molecule has 0 unspecified atom stereocenters. The quantitative estimate of drug-likeness (QED) is 0.477. The first-order valence-electron chi connectivity index (χ1n) is 4.42. The van der Waals surface area contributed by atoms with Crippen molar-refractivity contribution < 1.29 is 19.6 Å². The van der Waals surface area contributed by atoms with Crippen LogP contribution in [0.4, 0.5) is 5.69 Å². The Bertz CT molecular complexity index is 349. The lowest BCUT2D eigenvalue weighted by molar-refractivity contribution is -0.384. The number of carbonyl (C=O) groups is 2. The predicted molar refractivity (Wildman–Crippen MR) is 56.0 cm³/mol. The highest BCUT2D eigenvalue weighted by atomic mass is 16.6. The van der Waals surface area contributed by atoms with Crippen molar-refractivity contribution in [3.05, 3.63) is 40.4 Å². The normalized spacial score (nSPS) is 8.50. The standard InChI is InChI=1S/C6H5NO2.C4H6O3/c8-7(9)6-4-2-1-3-5-6;5-3-1-2-4(6)7/h1-5H;3H,1-2H2,(H,6,7). The highest BCUT2D eigenvalue weighted by Gasteiger charge is 1.98. The van der Waals surface area contributed by atoms with E-state index in [-0.39, 0.29) is 18.5 Å². The highest BCUT2D eigenvalue weighted by molar-refractivity contribution is 5.70. The number of hydrogen-bond acceptors (Lipinski definition) is 4. The van der Waals surface area contributed by atoms with Crippen LogP contribution in [0.2, 0.25) is 0 Å². The monoisotopic (exact) mass is 225 g/mol. The van der Waals surface area contributed by atoms with Crippen LogP contribution < -0.4 is 0 Å². The molecule has 0 fully saturated rings. The van der Waals surface area contributed by atoms with Gasteiger partial charge in [0.1, 0.15) is 6.29 Å². The summed E-state index contributed by atoms with van der Waals surface area (Å²) in [6, 6.07) is 7.93. The van der Waals surface area contributed by atoms with Gasteiger partial charge in [-0.15, -0.1) is 0 Å². The van der Waals surface area contributed by atoms with Gasteiger partial charge in [0.05, 0.1) is 11.3 Å². The van der Waals surface area contributed by atoms with Gasteiger partial charge in [0, 0.05) is 18.6 Å². The molecule has 0 heterocycles. The molecule has 6 heteroatoms. The molecule has 0 aliphatic rings. The Kier molecular flexibility index (Phi) is 6.97. The molecule has 0 aliphatic heterocycles. The number of carbonyl (C=O) groups excluding carboxylic acids is 1. The van der Waals surface area contributed by atoms with Crippen molar-refractivity contribution in [2.75, 3.05) is 0 Å². The van der Waals surface area contributed by atoms with Crippen molar-refractivity contribution >= 4 is 17.9 Å². The van der Waals surface area contributed by atoms with E-state index in [1.165, 1.54) is 12.1 Å². The average Bonchev–Trinajstić information content (AvgIpc) is 2.28. The van der Waals surface area contributed by atoms with Gasteiger partial charge < -0.3 is 9.90 Å². The highest BCUT2D eigenvalue weighted by Crippen LogP contribution is 2.06. The summed E-state index contributed by atoms with van der Waals surface area (Å²) in [6.07, 6.45) is 0.660. The van der Waals surface area contributed by atoms with Crippen molar-refractivity contribution in [1.82, 2.24) is 0 Å². The molecule has 0 amide bonds. The Morgan fingerprint density at radius 1 is 1.38 bits per heavy atom. The molecule has 0 bridgehead atoms. The van der Waals surface area contributed by atoms with Gasteiger partial charge in [-0.25, -0.2) is 0 Å². The largest absolute Gasteiger partial charge is 0.481 e. The molecule has 0 radical (unpaired) electrons. The van der Waals surface area contributed by atoms with Crippen LogP contribution in [0, 0.1) is 10.1 Å². The number of aldehydes is 1. The zero-order valence-electron chi connectivity index (χ0n) is 8.41. The third-order valence-corrected chi connectivity index (χ3v) is 1.44. The summed E-state index contributed by atoms with van der Waals surface area (Å²) in [4.78, 5) is 28.6. The fraction of sp³-hybridized carbons (Fsp3) is 0.200. The summed E-state index contributed by atoms with van der Waals surface area (Å²) in [5.41, 5.74) is 0.137. The summed E-state index contributed by atoms with van der Waals surface area (Å²) < 4.78 is 0. The smallest absolute Gasteiger partial charge is 0.303 e. The van der Waals surface area contributed by atoms with Crippen LogP contribution >= 0.6 is 0 Å². The molecule has 1 N–H and O–H groups in total. The second-order valence-corrected chi connectivity index (χ2v) is 2.69. The molecule has 1 rings (SSSR count). The number of rotatable bonds is 4. The van der Waals surface area contributed by atoms with Crippen molar-refractivity contribution in [2.45, 2.75) is 12.8 Å². The van der Waals surface area contributed by atoms with Crippen LogP contribution in [-0.2, 0) is 9.59 Å². The molecule has 0 aliphatic carbocycles.